The molecule has 0 aliphatic rings. The number of aryl methyl sites for hydroxylation is 1. The fourth-order valence-corrected chi connectivity index (χ4v) is 6.92. The average Bonchev–Trinajstić information content (AvgIpc) is 3.35. The minimum Gasteiger partial charge on any atom is -0.501 e. The van der Waals surface area contributed by atoms with Gasteiger partial charge in [-0.2, -0.15) is 0 Å². The second-order valence-corrected chi connectivity index (χ2v) is 19.8. The summed E-state index contributed by atoms with van der Waals surface area (Å²) in [6, 6.07) is 31.6. The number of para-hydroxylation sites is 1. The van der Waals surface area contributed by atoms with Crippen molar-refractivity contribution in [2.75, 3.05) is 0 Å². The summed E-state index contributed by atoms with van der Waals surface area (Å²) in [6.45, 7) is 22.7. The molecule has 0 amide bonds. The maximum Gasteiger partial charge on any atom is 0.120 e. The van der Waals surface area contributed by atoms with Gasteiger partial charge in [-0.1, -0.05) is 114 Å². The van der Waals surface area contributed by atoms with Crippen molar-refractivity contribution in [3.8, 4) is 22.5 Å². The Bertz CT molecular complexity index is 1920. The second kappa shape index (κ2) is 13.2. The van der Waals surface area contributed by atoms with Crippen LogP contribution in [0.3, 0.4) is 0 Å². The Kier molecular flexibility index (Phi) is 10.1. The Labute approximate surface area is 283 Å². The van der Waals surface area contributed by atoms with Gasteiger partial charge >= 0.3 is 0 Å². The number of benzene rings is 3. The standard InChI is InChI=1S/C28H34NOSi.C12H10N.Ir/c1-27(2,3)18-16-21(28(4,5)6)25(29-17-18)20-14-15-23(31(7,8)9)24-19-12-10-11-13-22(19)30-26(20)24;1-10-7-8-13-12(9-10)11-5-3-2-4-6-11;/h10-13,15-17H,1-9H3;2-5,7-9H,1H3;/q2*-1;. The van der Waals surface area contributed by atoms with E-state index in [0.717, 1.165) is 33.7 Å². The molecule has 0 spiro atoms. The number of rotatable bonds is 3. The Balaban J connectivity index is 0.000000275. The van der Waals surface area contributed by atoms with Gasteiger partial charge in [0.25, 0.3) is 0 Å². The number of hydrogen-bond donors (Lipinski definition) is 0. The van der Waals surface area contributed by atoms with Crippen LogP contribution in [0.15, 0.2) is 89.6 Å². The number of pyridine rings is 2. The molecule has 3 nitrogen and oxygen atoms in total. The molecule has 45 heavy (non-hydrogen) atoms. The van der Waals surface area contributed by atoms with Gasteiger partial charge in [-0.25, -0.2) is 0 Å². The molecule has 5 heteroatoms. The van der Waals surface area contributed by atoms with E-state index in [4.69, 9.17) is 9.40 Å². The Morgan fingerprint density at radius 1 is 0.800 bits per heavy atom. The largest absolute Gasteiger partial charge is 0.501 e. The molecule has 0 aliphatic heterocycles. The SMILES string of the molecule is CC(C)(C)c1cnc(-c2[c-]cc([Si](C)(C)C)c3c2oc2ccccc23)c(C(C)(C)C)c1.Cc1ccnc(-c2[c-]cccc2)c1.[Ir]. The summed E-state index contributed by atoms with van der Waals surface area (Å²) >= 11 is 0. The number of aromatic nitrogens is 2. The number of furan rings is 1. The van der Waals surface area contributed by atoms with E-state index < -0.39 is 8.07 Å². The molecular weight excluding hydrogens is 745 g/mol. The van der Waals surface area contributed by atoms with Crippen LogP contribution in [0.25, 0.3) is 44.5 Å². The third kappa shape index (κ3) is 7.55. The fourth-order valence-electron chi connectivity index (χ4n) is 5.42. The van der Waals surface area contributed by atoms with E-state index >= 15 is 0 Å². The molecule has 0 unspecified atom stereocenters. The quantitative estimate of drug-likeness (QED) is 0.132. The maximum atomic E-state index is 6.49. The van der Waals surface area contributed by atoms with Gasteiger partial charge in [0.05, 0.1) is 5.58 Å². The molecule has 0 fully saturated rings. The van der Waals surface area contributed by atoms with Crippen LogP contribution >= 0.6 is 0 Å². The predicted octanol–water partition coefficient (Wildman–Crippen LogP) is 10.4. The molecule has 6 aromatic rings. The van der Waals surface area contributed by atoms with E-state index in [2.05, 4.69) is 122 Å². The molecular formula is C40H44IrN2OSi-2. The van der Waals surface area contributed by atoms with Crippen molar-refractivity contribution in [2.24, 2.45) is 0 Å². The van der Waals surface area contributed by atoms with Gasteiger partial charge in [0.2, 0.25) is 0 Å². The van der Waals surface area contributed by atoms with Gasteiger partial charge < -0.3 is 14.4 Å². The van der Waals surface area contributed by atoms with E-state index in [1.807, 2.05) is 48.8 Å². The van der Waals surface area contributed by atoms with Gasteiger partial charge in [-0.05, 0) is 46.8 Å². The van der Waals surface area contributed by atoms with Crippen molar-refractivity contribution in [3.05, 3.63) is 114 Å². The summed E-state index contributed by atoms with van der Waals surface area (Å²) in [5.74, 6) is 0. The van der Waals surface area contributed by atoms with Crippen LogP contribution in [-0.4, -0.2) is 18.0 Å². The fraction of sp³-hybridized carbons (Fsp3) is 0.300. The van der Waals surface area contributed by atoms with Crippen LogP contribution in [0, 0.1) is 19.1 Å². The van der Waals surface area contributed by atoms with Gasteiger partial charge in [-0.3, -0.25) is 0 Å². The molecule has 3 aromatic carbocycles. The normalized spacial score (nSPS) is 12.0. The third-order valence-electron chi connectivity index (χ3n) is 7.96. The average molecular weight is 789 g/mol. The number of nitrogens with zero attached hydrogens (tertiary/aromatic N) is 2. The maximum absolute atomic E-state index is 6.49. The molecule has 3 aromatic heterocycles. The molecule has 0 saturated heterocycles. The van der Waals surface area contributed by atoms with Crippen LogP contribution in [0.1, 0.15) is 58.2 Å². The summed E-state index contributed by atoms with van der Waals surface area (Å²) in [5.41, 5.74) is 9.54. The summed E-state index contributed by atoms with van der Waals surface area (Å²) in [6.07, 6.45) is 3.85. The molecule has 0 atom stereocenters. The molecule has 0 saturated carbocycles. The van der Waals surface area contributed by atoms with E-state index in [1.165, 1.54) is 32.6 Å². The Hall–Kier alpha value is -3.37. The predicted molar refractivity (Wildman–Crippen MR) is 189 cm³/mol. The zero-order valence-electron chi connectivity index (χ0n) is 28.2. The molecule has 235 valence electrons. The topological polar surface area (TPSA) is 38.9 Å². The summed E-state index contributed by atoms with van der Waals surface area (Å²) in [4.78, 5) is 9.29. The van der Waals surface area contributed by atoms with E-state index in [0.29, 0.717) is 0 Å². The molecule has 3 heterocycles. The van der Waals surface area contributed by atoms with Crippen LogP contribution in [0.4, 0.5) is 0 Å². The first-order chi connectivity index (χ1) is 20.6. The monoisotopic (exact) mass is 789 g/mol. The van der Waals surface area contributed by atoms with E-state index in [-0.39, 0.29) is 30.9 Å². The van der Waals surface area contributed by atoms with E-state index in [9.17, 15) is 0 Å². The second-order valence-electron chi connectivity index (χ2n) is 14.7. The van der Waals surface area contributed by atoms with Crippen LogP contribution < -0.4 is 5.19 Å². The van der Waals surface area contributed by atoms with Crippen LogP contribution in [0.2, 0.25) is 19.6 Å². The van der Waals surface area contributed by atoms with Gasteiger partial charge in [0.1, 0.15) is 5.58 Å². The third-order valence-corrected chi connectivity index (χ3v) is 9.97. The Morgan fingerprint density at radius 2 is 1.51 bits per heavy atom. The minimum atomic E-state index is -1.60. The van der Waals surface area contributed by atoms with Crippen molar-refractivity contribution in [3.63, 3.8) is 0 Å². The molecule has 0 aliphatic carbocycles. The van der Waals surface area contributed by atoms with Gasteiger partial charge in [-0.15, -0.1) is 53.2 Å². The smallest absolute Gasteiger partial charge is 0.120 e. The van der Waals surface area contributed by atoms with Gasteiger partial charge in [0.15, 0.2) is 0 Å². The number of fused-ring (bicyclic) bond motifs is 3. The molecule has 0 N–H and O–H groups in total. The minimum absolute atomic E-state index is 0. The van der Waals surface area contributed by atoms with Crippen LogP contribution in [-0.2, 0) is 30.9 Å². The first-order valence-corrected chi connectivity index (χ1v) is 18.9. The molecule has 1 radical (unpaired) electrons. The van der Waals surface area contributed by atoms with Crippen molar-refractivity contribution in [1.82, 2.24) is 9.97 Å². The first kappa shape index (κ1) is 34.5. The van der Waals surface area contributed by atoms with Crippen LogP contribution in [0.5, 0.6) is 0 Å². The zero-order valence-corrected chi connectivity index (χ0v) is 31.6. The number of hydrogen-bond acceptors (Lipinski definition) is 3. The van der Waals surface area contributed by atoms with Crippen molar-refractivity contribution in [1.29, 1.82) is 0 Å². The summed E-state index contributed by atoms with van der Waals surface area (Å²) < 4.78 is 6.49. The molecule has 6 rings (SSSR count). The van der Waals surface area contributed by atoms with Crippen molar-refractivity contribution in [2.45, 2.75) is 78.9 Å². The zero-order chi connectivity index (χ0) is 31.9. The Morgan fingerprint density at radius 3 is 2.13 bits per heavy atom. The molecule has 0 bridgehead atoms. The first-order valence-electron chi connectivity index (χ1n) is 15.4. The van der Waals surface area contributed by atoms with E-state index in [1.54, 1.807) is 0 Å². The summed E-state index contributed by atoms with van der Waals surface area (Å²) in [7, 11) is -1.60. The van der Waals surface area contributed by atoms with Crippen molar-refractivity contribution >= 4 is 35.2 Å². The van der Waals surface area contributed by atoms with Crippen molar-refractivity contribution < 1.29 is 24.5 Å². The van der Waals surface area contributed by atoms with Gasteiger partial charge in [0, 0.05) is 46.0 Å². The summed E-state index contributed by atoms with van der Waals surface area (Å²) in [5, 5.41) is 3.82.